The van der Waals surface area contributed by atoms with Gasteiger partial charge in [0.25, 0.3) is 0 Å². The van der Waals surface area contributed by atoms with Crippen LogP contribution in [0.15, 0.2) is 59.8 Å². The van der Waals surface area contributed by atoms with E-state index in [-0.39, 0.29) is 23.1 Å². The maximum Gasteiger partial charge on any atom is 0.417 e. The van der Waals surface area contributed by atoms with Crippen LogP contribution in [0.25, 0.3) is 0 Å². The Hall–Kier alpha value is -2.98. The standard InChI is InChI=1S/C20H18F3N3O3S/c1-13-14(2)24-10-9-15(13)11-26-30(27,28)18-6-4-17(5-7-18)29-19-8-3-16(12-25-19)20(21,22)23/h3-10,12,26H,11H2,1-2H3. The lowest BCUT2D eigenvalue weighted by Crippen LogP contribution is -2.23. The van der Waals surface area contributed by atoms with Crippen LogP contribution in [0.3, 0.4) is 0 Å². The molecule has 3 aromatic rings. The first-order valence-electron chi connectivity index (χ1n) is 8.78. The summed E-state index contributed by atoms with van der Waals surface area (Å²) in [5.41, 5.74) is 1.67. The summed E-state index contributed by atoms with van der Waals surface area (Å²) >= 11 is 0. The maximum atomic E-state index is 12.6. The number of alkyl halides is 3. The second-order valence-corrected chi connectivity index (χ2v) is 8.23. The van der Waals surface area contributed by atoms with Crippen molar-refractivity contribution in [3.63, 3.8) is 0 Å². The molecule has 1 aromatic carbocycles. The fraction of sp³-hybridized carbons (Fsp3) is 0.200. The van der Waals surface area contributed by atoms with E-state index in [4.69, 9.17) is 4.74 Å². The number of hydrogen-bond acceptors (Lipinski definition) is 5. The summed E-state index contributed by atoms with van der Waals surface area (Å²) in [7, 11) is -3.77. The predicted octanol–water partition coefficient (Wildman–Crippen LogP) is 4.38. The molecule has 0 aliphatic heterocycles. The number of hydrogen-bond donors (Lipinski definition) is 1. The van der Waals surface area contributed by atoms with Crippen molar-refractivity contribution in [2.45, 2.75) is 31.5 Å². The third-order valence-corrected chi connectivity index (χ3v) is 5.86. The van der Waals surface area contributed by atoms with E-state index in [2.05, 4.69) is 14.7 Å². The highest BCUT2D eigenvalue weighted by atomic mass is 32.2. The molecule has 0 aliphatic carbocycles. The molecular weight excluding hydrogens is 419 g/mol. The van der Waals surface area contributed by atoms with Gasteiger partial charge in [0.2, 0.25) is 15.9 Å². The van der Waals surface area contributed by atoms with Crippen molar-refractivity contribution in [1.29, 1.82) is 0 Å². The van der Waals surface area contributed by atoms with Crippen LogP contribution in [0.1, 0.15) is 22.4 Å². The molecule has 0 aliphatic rings. The Labute approximate surface area is 171 Å². The SMILES string of the molecule is Cc1nccc(CNS(=O)(=O)c2ccc(Oc3ccc(C(F)(F)F)cn3)cc2)c1C. The normalized spacial score (nSPS) is 12.0. The van der Waals surface area contributed by atoms with E-state index >= 15 is 0 Å². The lowest BCUT2D eigenvalue weighted by molar-refractivity contribution is -0.137. The Kier molecular flexibility index (Phi) is 6.09. The number of pyridine rings is 2. The first-order chi connectivity index (χ1) is 14.1. The molecule has 2 aromatic heterocycles. The molecule has 0 spiro atoms. The van der Waals surface area contributed by atoms with E-state index in [0.29, 0.717) is 6.20 Å². The maximum absolute atomic E-state index is 12.6. The molecule has 0 fully saturated rings. The smallest absolute Gasteiger partial charge is 0.417 e. The van der Waals surface area contributed by atoms with Crippen LogP contribution >= 0.6 is 0 Å². The molecule has 0 atom stereocenters. The van der Waals surface area contributed by atoms with Crippen LogP contribution in [-0.2, 0) is 22.7 Å². The van der Waals surface area contributed by atoms with Crippen molar-refractivity contribution in [3.05, 3.63) is 77.2 Å². The van der Waals surface area contributed by atoms with Gasteiger partial charge in [-0.1, -0.05) is 0 Å². The molecule has 0 radical (unpaired) electrons. The average Bonchev–Trinajstić information content (AvgIpc) is 2.69. The zero-order chi connectivity index (χ0) is 21.9. The van der Waals surface area contributed by atoms with Gasteiger partial charge in [0, 0.05) is 30.7 Å². The van der Waals surface area contributed by atoms with Gasteiger partial charge in [0.15, 0.2) is 0 Å². The van der Waals surface area contributed by atoms with Crippen molar-refractivity contribution < 1.29 is 26.3 Å². The number of benzene rings is 1. The zero-order valence-electron chi connectivity index (χ0n) is 16.1. The van der Waals surface area contributed by atoms with E-state index in [1.54, 1.807) is 12.3 Å². The highest BCUT2D eigenvalue weighted by Crippen LogP contribution is 2.30. The molecule has 0 unspecified atom stereocenters. The van der Waals surface area contributed by atoms with Crippen molar-refractivity contribution in [1.82, 2.24) is 14.7 Å². The summed E-state index contributed by atoms with van der Waals surface area (Å²) in [5, 5.41) is 0. The number of nitrogens with zero attached hydrogens (tertiary/aromatic N) is 2. The minimum Gasteiger partial charge on any atom is -0.439 e. The molecule has 30 heavy (non-hydrogen) atoms. The number of halogens is 3. The third kappa shape index (κ3) is 5.14. The molecule has 3 rings (SSSR count). The Bertz CT molecular complexity index is 1130. The fourth-order valence-corrected chi connectivity index (χ4v) is 3.56. The van der Waals surface area contributed by atoms with Gasteiger partial charge in [0.1, 0.15) is 5.75 Å². The molecule has 0 saturated heterocycles. The number of aromatic nitrogens is 2. The second-order valence-electron chi connectivity index (χ2n) is 6.46. The van der Waals surface area contributed by atoms with E-state index in [0.717, 1.165) is 29.0 Å². The molecular formula is C20H18F3N3O3S. The lowest BCUT2D eigenvalue weighted by Gasteiger charge is -2.11. The quantitative estimate of drug-likeness (QED) is 0.619. The van der Waals surface area contributed by atoms with Gasteiger partial charge < -0.3 is 4.74 Å². The Balaban J connectivity index is 1.67. The molecule has 1 N–H and O–H groups in total. The van der Waals surface area contributed by atoms with Gasteiger partial charge in [-0.15, -0.1) is 0 Å². The summed E-state index contributed by atoms with van der Waals surface area (Å²) in [4.78, 5) is 7.79. The van der Waals surface area contributed by atoms with Gasteiger partial charge in [-0.3, -0.25) is 4.98 Å². The zero-order valence-corrected chi connectivity index (χ0v) is 16.9. The number of aryl methyl sites for hydroxylation is 1. The van der Waals surface area contributed by atoms with Crippen LogP contribution < -0.4 is 9.46 Å². The highest BCUT2D eigenvalue weighted by molar-refractivity contribution is 7.89. The average molecular weight is 437 g/mol. The summed E-state index contributed by atoms with van der Waals surface area (Å²) in [5.74, 6) is 0.196. The first-order valence-corrected chi connectivity index (χ1v) is 10.3. The number of rotatable bonds is 6. The van der Waals surface area contributed by atoms with Gasteiger partial charge in [-0.05, 0) is 61.4 Å². The van der Waals surface area contributed by atoms with Gasteiger partial charge in [-0.2, -0.15) is 13.2 Å². The highest BCUT2D eigenvalue weighted by Gasteiger charge is 2.30. The topological polar surface area (TPSA) is 81.2 Å². The molecule has 2 heterocycles. The monoisotopic (exact) mass is 437 g/mol. The van der Waals surface area contributed by atoms with Crippen LogP contribution in [-0.4, -0.2) is 18.4 Å². The molecule has 10 heteroatoms. The summed E-state index contributed by atoms with van der Waals surface area (Å²) in [6.07, 6.45) is -2.20. The van der Waals surface area contributed by atoms with Crippen molar-refractivity contribution in [2.75, 3.05) is 0 Å². The molecule has 0 amide bonds. The fourth-order valence-electron chi connectivity index (χ4n) is 2.56. The summed E-state index contributed by atoms with van der Waals surface area (Å²) in [6.45, 7) is 3.83. The number of sulfonamides is 1. The Morgan fingerprint density at radius 3 is 2.30 bits per heavy atom. The van der Waals surface area contributed by atoms with Gasteiger partial charge in [0.05, 0.1) is 10.5 Å². The number of ether oxygens (including phenoxy) is 1. The van der Waals surface area contributed by atoms with Crippen molar-refractivity contribution >= 4 is 10.0 Å². The number of nitrogens with one attached hydrogen (secondary N) is 1. The summed E-state index contributed by atoms with van der Waals surface area (Å²) in [6, 6.07) is 9.17. The van der Waals surface area contributed by atoms with Crippen LogP contribution in [0.4, 0.5) is 13.2 Å². The van der Waals surface area contributed by atoms with Crippen LogP contribution in [0, 0.1) is 13.8 Å². The molecule has 0 bridgehead atoms. The van der Waals surface area contributed by atoms with Crippen LogP contribution in [0.2, 0.25) is 0 Å². The van der Waals surface area contributed by atoms with Crippen molar-refractivity contribution in [3.8, 4) is 11.6 Å². The Morgan fingerprint density at radius 2 is 1.70 bits per heavy atom. The van der Waals surface area contributed by atoms with Crippen LogP contribution in [0.5, 0.6) is 11.6 Å². The van der Waals surface area contributed by atoms with Gasteiger partial charge in [-0.25, -0.2) is 18.1 Å². The second kappa shape index (κ2) is 8.41. The summed E-state index contributed by atoms with van der Waals surface area (Å²) < 4.78 is 70.6. The minimum absolute atomic E-state index is 0.0265. The molecule has 6 nitrogen and oxygen atoms in total. The van der Waals surface area contributed by atoms with E-state index in [9.17, 15) is 21.6 Å². The molecule has 0 saturated carbocycles. The van der Waals surface area contributed by atoms with Crippen molar-refractivity contribution in [2.24, 2.45) is 0 Å². The van der Waals surface area contributed by atoms with E-state index < -0.39 is 21.8 Å². The first kappa shape index (κ1) is 21.7. The lowest BCUT2D eigenvalue weighted by atomic mass is 10.1. The predicted molar refractivity (Wildman–Crippen MR) is 103 cm³/mol. The largest absolute Gasteiger partial charge is 0.439 e. The van der Waals surface area contributed by atoms with E-state index in [1.807, 2.05) is 13.8 Å². The third-order valence-electron chi connectivity index (χ3n) is 4.44. The Morgan fingerprint density at radius 1 is 1.00 bits per heavy atom. The van der Waals surface area contributed by atoms with E-state index in [1.165, 1.54) is 24.3 Å². The van der Waals surface area contributed by atoms with Gasteiger partial charge >= 0.3 is 6.18 Å². The minimum atomic E-state index is -4.48. The molecule has 158 valence electrons.